The van der Waals surface area contributed by atoms with Gasteiger partial charge in [0.15, 0.2) is 0 Å². The predicted octanol–water partition coefficient (Wildman–Crippen LogP) is 2.89. The monoisotopic (exact) mass is 221 g/mol. The average Bonchev–Trinajstić information content (AvgIpc) is 1.92. The number of hydrogen-bond donors (Lipinski definition) is 0. The van der Waals surface area contributed by atoms with E-state index < -0.39 is 5.83 Å². The third-order valence-electron chi connectivity index (χ3n) is 1.16. The molecule has 1 nitrogen and oxygen atoms in total. The summed E-state index contributed by atoms with van der Waals surface area (Å²) in [6, 6.07) is 1.63. The van der Waals surface area contributed by atoms with E-state index in [0.717, 1.165) is 4.47 Å². The molecular weight excluding hydrogens is 213 g/mol. The molecule has 0 spiro atoms. The van der Waals surface area contributed by atoms with Crippen LogP contribution in [-0.2, 0) is 5.83 Å². The van der Waals surface area contributed by atoms with Gasteiger partial charge in [-0.25, -0.2) is 0 Å². The Morgan fingerprint density at radius 3 is 3.10 bits per heavy atom. The van der Waals surface area contributed by atoms with Crippen LogP contribution in [0.3, 0.4) is 0 Å². The first-order chi connectivity index (χ1) is 5.41. The summed E-state index contributed by atoms with van der Waals surface area (Å²) < 4.78 is 15.3. The van der Waals surface area contributed by atoms with Crippen molar-refractivity contribution < 1.29 is 2.74 Å². The van der Waals surface area contributed by atoms with Crippen LogP contribution in [0.15, 0.2) is 16.7 Å². The minimum absolute atomic E-state index is 0.401. The zero-order valence-electron chi connectivity index (χ0n) is 7.36. The molecular formula is C7H7BrClN. The molecule has 0 saturated carbocycles. The summed E-state index contributed by atoms with van der Waals surface area (Å²) in [5.41, 5.74) is 1.01. The van der Waals surface area contributed by atoms with Gasteiger partial charge in [-0.05, 0) is 34.5 Å². The second-order valence-electron chi connectivity index (χ2n) is 1.88. The van der Waals surface area contributed by atoms with E-state index in [2.05, 4.69) is 20.9 Å². The first-order valence-electron chi connectivity index (χ1n) is 3.73. The maximum absolute atomic E-state index is 7.28. The Hall–Kier alpha value is -0.0800. The van der Waals surface area contributed by atoms with Gasteiger partial charge in [0, 0.05) is 24.9 Å². The maximum Gasteiger partial charge on any atom is 0.0492 e. The van der Waals surface area contributed by atoms with E-state index in [-0.39, 0.29) is 0 Å². The molecule has 1 aromatic rings. The van der Waals surface area contributed by atoms with Crippen LogP contribution in [0.25, 0.3) is 0 Å². The highest BCUT2D eigenvalue weighted by molar-refractivity contribution is 9.10. The van der Waals surface area contributed by atoms with Crippen LogP contribution in [0.2, 0.25) is 0 Å². The molecule has 0 amide bonds. The summed E-state index contributed by atoms with van der Waals surface area (Å²) in [6.07, 6.45) is 1.61. The predicted molar refractivity (Wildman–Crippen MR) is 46.2 cm³/mol. The van der Waals surface area contributed by atoms with E-state index in [1.54, 1.807) is 19.2 Å². The lowest BCUT2D eigenvalue weighted by Crippen LogP contribution is -1.87. The average molecular weight is 223 g/mol. The highest BCUT2D eigenvalue weighted by Crippen LogP contribution is 2.14. The number of aryl methyl sites for hydroxylation is 1. The van der Waals surface area contributed by atoms with Crippen molar-refractivity contribution in [2.24, 2.45) is 0 Å². The van der Waals surface area contributed by atoms with Crippen LogP contribution in [0.1, 0.15) is 14.0 Å². The molecule has 10 heavy (non-hydrogen) atoms. The molecule has 1 heterocycles. The van der Waals surface area contributed by atoms with Crippen LogP contribution >= 0.6 is 27.5 Å². The topological polar surface area (TPSA) is 12.9 Å². The summed E-state index contributed by atoms with van der Waals surface area (Å²) in [7, 11) is 0. The molecule has 1 aromatic heterocycles. The lowest BCUT2D eigenvalue weighted by molar-refractivity contribution is 1.13. The molecule has 0 N–H and O–H groups in total. The van der Waals surface area contributed by atoms with Gasteiger partial charge in [-0.15, -0.1) is 11.6 Å². The number of aromatic nitrogens is 1. The summed E-state index contributed by atoms with van der Waals surface area (Å²) >= 11 is 8.71. The van der Waals surface area contributed by atoms with E-state index in [1.165, 1.54) is 0 Å². The number of nitrogens with zero attached hydrogens (tertiary/aromatic N) is 1. The normalized spacial score (nSPS) is 14.3. The van der Waals surface area contributed by atoms with Gasteiger partial charge in [0.1, 0.15) is 0 Å². The standard InChI is InChI=1S/C7H7BrClN/c1-5-6(3-9)2-7(8)4-10-5/h2,4H,3H2,1H3/i3D2. The van der Waals surface area contributed by atoms with Crippen molar-refractivity contribution in [3.05, 3.63) is 28.0 Å². The third-order valence-corrected chi connectivity index (χ3v) is 1.79. The Morgan fingerprint density at radius 1 is 1.90 bits per heavy atom. The SMILES string of the molecule is [2H]C([2H])(Cl)c1cc(Br)cnc1C. The van der Waals surface area contributed by atoms with E-state index in [4.69, 9.17) is 14.3 Å². The van der Waals surface area contributed by atoms with Gasteiger partial charge in [-0.1, -0.05) is 0 Å². The molecule has 54 valence electrons. The molecule has 0 aliphatic heterocycles. The Morgan fingerprint density at radius 2 is 2.60 bits per heavy atom. The molecule has 0 fully saturated rings. The van der Waals surface area contributed by atoms with Crippen LogP contribution in [-0.4, -0.2) is 4.98 Å². The number of alkyl halides is 1. The van der Waals surface area contributed by atoms with Gasteiger partial charge < -0.3 is 0 Å². The molecule has 0 aromatic carbocycles. The molecule has 0 aliphatic carbocycles. The van der Waals surface area contributed by atoms with Gasteiger partial charge in [-0.3, -0.25) is 4.98 Å². The zero-order chi connectivity index (χ0) is 9.35. The fraction of sp³-hybridized carbons (Fsp3) is 0.286. The molecule has 0 radical (unpaired) electrons. The van der Waals surface area contributed by atoms with Crippen LogP contribution in [0.5, 0.6) is 0 Å². The number of halogens is 2. The van der Waals surface area contributed by atoms with Crippen molar-refractivity contribution >= 4 is 27.5 Å². The second kappa shape index (κ2) is 3.35. The lowest BCUT2D eigenvalue weighted by Gasteiger charge is -1.99. The van der Waals surface area contributed by atoms with Gasteiger partial charge in [0.25, 0.3) is 0 Å². The second-order valence-corrected chi connectivity index (χ2v) is 2.99. The van der Waals surface area contributed by atoms with E-state index >= 15 is 0 Å². The van der Waals surface area contributed by atoms with Gasteiger partial charge in [0.2, 0.25) is 0 Å². The Balaban J connectivity index is 3.23. The molecule has 1 rings (SSSR count). The minimum Gasteiger partial charge on any atom is -0.260 e. The van der Waals surface area contributed by atoms with Crippen molar-refractivity contribution in [1.82, 2.24) is 4.98 Å². The molecule has 0 unspecified atom stereocenters. The molecule has 3 heteroatoms. The lowest BCUT2D eigenvalue weighted by atomic mass is 10.2. The van der Waals surface area contributed by atoms with Crippen LogP contribution in [0, 0.1) is 6.92 Å². The summed E-state index contributed by atoms with van der Waals surface area (Å²) in [4.78, 5) is 3.97. The molecule has 0 aliphatic rings. The van der Waals surface area contributed by atoms with Gasteiger partial charge in [-0.2, -0.15) is 0 Å². The Labute approximate surface area is 76.4 Å². The first-order valence-corrected chi connectivity index (χ1v) is 3.90. The fourth-order valence-corrected chi connectivity index (χ4v) is 1.13. The van der Waals surface area contributed by atoms with Crippen molar-refractivity contribution in [1.29, 1.82) is 0 Å². The Bertz CT molecular complexity index is 298. The van der Waals surface area contributed by atoms with Crippen molar-refractivity contribution in [2.75, 3.05) is 0 Å². The van der Waals surface area contributed by atoms with E-state index in [9.17, 15) is 0 Å². The van der Waals surface area contributed by atoms with Crippen LogP contribution in [0.4, 0.5) is 0 Å². The van der Waals surface area contributed by atoms with E-state index in [1.807, 2.05) is 0 Å². The highest BCUT2D eigenvalue weighted by atomic mass is 79.9. The van der Waals surface area contributed by atoms with Gasteiger partial charge in [0.05, 0.1) is 0 Å². The number of hydrogen-bond acceptors (Lipinski definition) is 1. The summed E-state index contributed by atoms with van der Waals surface area (Å²) in [6.45, 7) is 1.72. The fourth-order valence-electron chi connectivity index (χ4n) is 0.603. The number of pyridine rings is 1. The number of rotatable bonds is 1. The Kier molecular flexibility index (Phi) is 1.86. The van der Waals surface area contributed by atoms with E-state index in [0.29, 0.717) is 11.3 Å². The summed E-state index contributed by atoms with van der Waals surface area (Å²) in [5.74, 6) is -1.85. The molecule has 0 saturated heterocycles. The smallest absolute Gasteiger partial charge is 0.0492 e. The van der Waals surface area contributed by atoms with Crippen molar-refractivity contribution in [3.8, 4) is 0 Å². The maximum atomic E-state index is 7.28. The zero-order valence-corrected chi connectivity index (χ0v) is 7.70. The third kappa shape index (κ3) is 1.70. The van der Waals surface area contributed by atoms with Crippen molar-refractivity contribution in [2.45, 2.75) is 12.8 Å². The largest absolute Gasteiger partial charge is 0.260 e. The highest BCUT2D eigenvalue weighted by Gasteiger charge is 1.97. The van der Waals surface area contributed by atoms with Gasteiger partial charge >= 0.3 is 0 Å². The quantitative estimate of drug-likeness (QED) is 0.666. The first kappa shape index (κ1) is 5.56. The van der Waals surface area contributed by atoms with Crippen LogP contribution < -0.4 is 0 Å². The van der Waals surface area contributed by atoms with Crippen molar-refractivity contribution in [3.63, 3.8) is 0 Å². The summed E-state index contributed by atoms with van der Waals surface area (Å²) in [5, 5.41) is 0. The molecule has 0 bridgehead atoms. The minimum atomic E-state index is -1.85. The molecule has 0 atom stereocenters.